The largest absolute Gasteiger partial charge is 0.336 e. The number of nitrogens with zero attached hydrogens (tertiary/aromatic N) is 1. The van der Waals surface area contributed by atoms with Crippen LogP contribution in [0.3, 0.4) is 0 Å². The lowest BCUT2D eigenvalue weighted by atomic mass is 9.81. The molecule has 0 saturated carbocycles. The summed E-state index contributed by atoms with van der Waals surface area (Å²) in [4.78, 5) is 15.4. The third-order valence-corrected chi connectivity index (χ3v) is 5.52. The zero-order valence-corrected chi connectivity index (χ0v) is 14.8. The van der Waals surface area contributed by atoms with Gasteiger partial charge in [0, 0.05) is 18.0 Å². The van der Waals surface area contributed by atoms with Crippen LogP contribution in [0.15, 0.2) is 0 Å². The number of hydrogen-bond donors (Lipinski definition) is 0. The molecule has 0 aromatic rings. The average Bonchev–Trinajstić information content (AvgIpc) is 2.65. The van der Waals surface area contributed by atoms with Crippen LogP contribution in [0.1, 0.15) is 68.2 Å². The lowest BCUT2D eigenvalue weighted by Gasteiger charge is -2.37. The molecule has 1 amide bonds. The summed E-state index contributed by atoms with van der Waals surface area (Å²) in [5.74, 6) is 2.65. The highest BCUT2D eigenvalue weighted by Gasteiger charge is 2.43. The Hall–Kier alpha value is -0.530. The third kappa shape index (κ3) is 3.38. The van der Waals surface area contributed by atoms with Crippen molar-refractivity contribution in [2.75, 3.05) is 0 Å². The maximum Gasteiger partial charge on any atom is 0.226 e. The molecule has 2 nitrogen and oxygen atoms in total. The molecule has 1 fully saturated rings. The van der Waals surface area contributed by atoms with Crippen molar-refractivity contribution in [3.8, 4) is 0 Å². The zero-order valence-electron chi connectivity index (χ0n) is 14.8. The molecule has 5 atom stereocenters. The van der Waals surface area contributed by atoms with Gasteiger partial charge in [-0.1, -0.05) is 54.9 Å². The number of carbonyl (C=O) groups is 1. The van der Waals surface area contributed by atoms with Crippen LogP contribution in [0.2, 0.25) is 0 Å². The molecule has 0 N–H and O–H groups in total. The molecular formula is C18H35NO. The van der Waals surface area contributed by atoms with E-state index in [4.69, 9.17) is 0 Å². The highest BCUT2D eigenvalue weighted by atomic mass is 16.2. The minimum Gasteiger partial charge on any atom is -0.336 e. The second-order valence-corrected chi connectivity index (χ2v) is 7.67. The Balaban J connectivity index is 3.02. The lowest BCUT2D eigenvalue weighted by Crippen LogP contribution is -2.48. The minimum atomic E-state index is 0.175. The molecule has 1 aliphatic heterocycles. The summed E-state index contributed by atoms with van der Waals surface area (Å²) in [6.07, 6.45) is 2.24. The van der Waals surface area contributed by atoms with Crippen molar-refractivity contribution < 1.29 is 4.79 Å². The van der Waals surface area contributed by atoms with E-state index in [0.717, 1.165) is 12.8 Å². The Morgan fingerprint density at radius 3 is 2.10 bits per heavy atom. The van der Waals surface area contributed by atoms with Gasteiger partial charge >= 0.3 is 0 Å². The van der Waals surface area contributed by atoms with E-state index in [-0.39, 0.29) is 5.92 Å². The lowest BCUT2D eigenvalue weighted by molar-refractivity contribution is -0.142. The summed E-state index contributed by atoms with van der Waals surface area (Å²) in [5.41, 5.74) is 0. The standard InChI is InChI=1S/C18H35NO/c1-9-13(6)17(12(4)5)18(20)19-15(8)14(7)10-16(19)11(2)3/h11-17H,9-10H2,1-8H3/t13?,14?,15?,16-,17?/m0/s1. The molecular weight excluding hydrogens is 246 g/mol. The van der Waals surface area contributed by atoms with E-state index >= 15 is 0 Å². The highest BCUT2D eigenvalue weighted by molar-refractivity contribution is 5.80. The van der Waals surface area contributed by atoms with Crippen LogP contribution < -0.4 is 0 Å². The first-order valence-electron chi connectivity index (χ1n) is 8.54. The molecule has 0 bridgehead atoms. The van der Waals surface area contributed by atoms with Gasteiger partial charge in [0.15, 0.2) is 0 Å². The first kappa shape index (κ1) is 17.5. The van der Waals surface area contributed by atoms with E-state index in [0.29, 0.717) is 41.7 Å². The SMILES string of the molecule is CCC(C)C(C(=O)N1C(C)C(C)C[C@H]1C(C)C)C(C)C. The first-order chi connectivity index (χ1) is 9.22. The van der Waals surface area contributed by atoms with E-state index in [1.165, 1.54) is 0 Å². The molecule has 0 aromatic carbocycles. The first-order valence-corrected chi connectivity index (χ1v) is 8.54. The van der Waals surface area contributed by atoms with E-state index in [1.807, 2.05) is 0 Å². The Kier molecular flexibility index (Phi) is 6.09. The maximum atomic E-state index is 13.2. The van der Waals surface area contributed by atoms with Gasteiger partial charge in [0.05, 0.1) is 0 Å². The fourth-order valence-corrected chi connectivity index (χ4v) is 3.84. The molecule has 1 heterocycles. The molecule has 118 valence electrons. The van der Waals surface area contributed by atoms with Crippen molar-refractivity contribution >= 4 is 5.91 Å². The van der Waals surface area contributed by atoms with Gasteiger partial charge in [0.1, 0.15) is 0 Å². The van der Waals surface area contributed by atoms with E-state index < -0.39 is 0 Å². The van der Waals surface area contributed by atoms with Gasteiger partial charge in [-0.05, 0) is 37.0 Å². The number of amides is 1. The molecule has 2 heteroatoms. The van der Waals surface area contributed by atoms with Crippen molar-refractivity contribution in [3.05, 3.63) is 0 Å². The summed E-state index contributed by atoms with van der Waals surface area (Å²) < 4.78 is 0. The molecule has 20 heavy (non-hydrogen) atoms. The molecule has 4 unspecified atom stereocenters. The van der Waals surface area contributed by atoms with Gasteiger partial charge in [-0.2, -0.15) is 0 Å². The van der Waals surface area contributed by atoms with E-state index in [2.05, 4.69) is 60.3 Å². The third-order valence-electron chi connectivity index (χ3n) is 5.52. The Morgan fingerprint density at radius 1 is 1.15 bits per heavy atom. The number of rotatable bonds is 5. The smallest absolute Gasteiger partial charge is 0.226 e. The number of likely N-dealkylation sites (tertiary alicyclic amines) is 1. The molecule has 0 aromatic heterocycles. The van der Waals surface area contributed by atoms with Crippen molar-refractivity contribution in [3.63, 3.8) is 0 Å². The van der Waals surface area contributed by atoms with Crippen LogP contribution in [-0.4, -0.2) is 22.9 Å². The molecule has 0 spiro atoms. The number of hydrogen-bond acceptors (Lipinski definition) is 1. The fraction of sp³-hybridized carbons (Fsp3) is 0.944. The van der Waals surface area contributed by atoms with Crippen LogP contribution in [0.5, 0.6) is 0 Å². The fourth-order valence-electron chi connectivity index (χ4n) is 3.84. The summed E-state index contributed by atoms with van der Waals surface area (Å²) >= 11 is 0. The van der Waals surface area contributed by atoms with Crippen LogP contribution >= 0.6 is 0 Å². The predicted octanol–water partition coefficient (Wildman–Crippen LogP) is 4.59. The summed E-state index contributed by atoms with van der Waals surface area (Å²) in [5, 5.41) is 0. The summed E-state index contributed by atoms with van der Waals surface area (Å²) in [6.45, 7) is 17.9. The van der Waals surface area contributed by atoms with Gasteiger partial charge in [0.25, 0.3) is 0 Å². The minimum absolute atomic E-state index is 0.175. The van der Waals surface area contributed by atoms with Crippen molar-refractivity contribution in [1.82, 2.24) is 4.90 Å². The van der Waals surface area contributed by atoms with Crippen LogP contribution in [0.4, 0.5) is 0 Å². The van der Waals surface area contributed by atoms with Crippen LogP contribution in [0.25, 0.3) is 0 Å². The highest BCUT2D eigenvalue weighted by Crippen LogP contribution is 2.37. The zero-order chi connectivity index (χ0) is 15.6. The predicted molar refractivity (Wildman–Crippen MR) is 86.5 cm³/mol. The van der Waals surface area contributed by atoms with Crippen molar-refractivity contribution in [2.45, 2.75) is 80.3 Å². The van der Waals surface area contributed by atoms with Crippen LogP contribution in [0, 0.1) is 29.6 Å². The quantitative estimate of drug-likeness (QED) is 0.722. The Bertz CT molecular complexity index is 323. The second-order valence-electron chi connectivity index (χ2n) is 7.67. The van der Waals surface area contributed by atoms with Gasteiger partial charge in [-0.3, -0.25) is 4.79 Å². The topological polar surface area (TPSA) is 20.3 Å². The van der Waals surface area contributed by atoms with Gasteiger partial charge < -0.3 is 4.90 Å². The van der Waals surface area contributed by atoms with E-state index in [1.54, 1.807) is 0 Å². The van der Waals surface area contributed by atoms with Gasteiger partial charge in [0.2, 0.25) is 5.91 Å². The summed E-state index contributed by atoms with van der Waals surface area (Å²) in [7, 11) is 0. The summed E-state index contributed by atoms with van der Waals surface area (Å²) in [6, 6.07) is 0.818. The van der Waals surface area contributed by atoms with Crippen molar-refractivity contribution in [1.29, 1.82) is 0 Å². The Labute approximate surface area is 126 Å². The molecule has 1 aliphatic rings. The second kappa shape index (κ2) is 6.95. The van der Waals surface area contributed by atoms with Gasteiger partial charge in [-0.15, -0.1) is 0 Å². The normalized spacial score (nSPS) is 30.1. The maximum absolute atomic E-state index is 13.2. The molecule has 1 saturated heterocycles. The molecule has 0 aliphatic carbocycles. The van der Waals surface area contributed by atoms with Gasteiger partial charge in [-0.25, -0.2) is 0 Å². The monoisotopic (exact) mass is 281 g/mol. The van der Waals surface area contributed by atoms with E-state index in [9.17, 15) is 4.79 Å². The molecule has 1 rings (SSSR count). The average molecular weight is 281 g/mol. The molecule has 0 radical (unpaired) electrons. The number of carbonyl (C=O) groups excluding carboxylic acids is 1. The Morgan fingerprint density at radius 2 is 1.70 bits per heavy atom. The van der Waals surface area contributed by atoms with Crippen molar-refractivity contribution in [2.24, 2.45) is 29.6 Å². The van der Waals surface area contributed by atoms with Crippen LogP contribution in [-0.2, 0) is 4.79 Å².